The van der Waals surface area contributed by atoms with Gasteiger partial charge in [0.15, 0.2) is 0 Å². The molecule has 0 spiro atoms. The van der Waals surface area contributed by atoms with Gasteiger partial charge < -0.3 is 5.32 Å². The van der Waals surface area contributed by atoms with E-state index in [1.807, 2.05) is 43.0 Å². The van der Waals surface area contributed by atoms with Crippen molar-refractivity contribution in [2.75, 3.05) is 31.5 Å². The number of nitrogens with zero attached hydrogens (tertiary/aromatic N) is 2. The second kappa shape index (κ2) is 8.61. The van der Waals surface area contributed by atoms with E-state index < -0.39 is 10.0 Å². The molecule has 1 N–H and O–H groups in total. The van der Waals surface area contributed by atoms with Gasteiger partial charge in [-0.2, -0.15) is 4.31 Å². The first-order valence-electron chi connectivity index (χ1n) is 9.16. The summed E-state index contributed by atoms with van der Waals surface area (Å²) in [6.45, 7) is 5.37. The third kappa shape index (κ3) is 4.38. The van der Waals surface area contributed by atoms with Crippen LogP contribution in [0.4, 0.5) is 5.69 Å². The van der Waals surface area contributed by atoms with E-state index >= 15 is 0 Å². The zero-order valence-electron chi connectivity index (χ0n) is 15.9. The van der Waals surface area contributed by atoms with Crippen LogP contribution >= 0.6 is 11.6 Å². The summed E-state index contributed by atoms with van der Waals surface area (Å²) in [5.41, 5.74) is 1.79. The average molecular weight is 422 g/mol. The van der Waals surface area contributed by atoms with Gasteiger partial charge in [-0.15, -0.1) is 0 Å². The predicted molar refractivity (Wildman–Crippen MR) is 111 cm³/mol. The van der Waals surface area contributed by atoms with Crippen molar-refractivity contribution in [1.82, 2.24) is 9.21 Å². The second-order valence-corrected chi connectivity index (χ2v) is 9.16. The van der Waals surface area contributed by atoms with Gasteiger partial charge in [0, 0.05) is 31.9 Å². The monoisotopic (exact) mass is 421 g/mol. The Bertz CT molecular complexity index is 957. The first-order chi connectivity index (χ1) is 13.3. The van der Waals surface area contributed by atoms with Crippen LogP contribution in [0, 0.1) is 6.92 Å². The molecule has 2 aromatic carbocycles. The van der Waals surface area contributed by atoms with Crippen molar-refractivity contribution in [2.45, 2.75) is 24.8 Å². The van der Waals surface area contributed by atoms with Crippen molar-refractivity contribution in [3.63, 3.8) is 0 Å². The summed E-state index contributed by atoms with van der Waals surface area (Å²) in [6, 6.07) is 13.7. The Morgan fingerprint density at radius 1 is 1.04 bits per heavy atom. The van der Waals surface area contributed by atoms with E-state index in [9.17, 15) is 13.2 Å². The van der Waals surface area contributed by atoms with Gasteiger partial charge in [0.1, 0.15) is 4.90 Å². The Balaban J connectivity index is 1.62. The largest absolute Gasteiger partial charge is 0.324 e. The van der Waals surface area contributed by atoms with Gasteiger partial charge in [0.25, 0.3) is 0 Å². The van der Waals surface area contributed by atoms with Gasteiger partial charge in [-0.1, -0.05) is 41.9 Å². The van der Waals surface area contributed by atoms with E-state index in [4.69, 9.17) is 11.6 Å². The maximum atomic E-state index is 12.8. The number of para-hydroxylation sites is 1. The molecule has 1 unspecified atom stereocenters. The van der Waals surface area contributed by atoms with Crippen LogP contribution in [-0.2, 0) is 14.8 Å². The molecule has 1 amide bonds. The highest BCUT2D eigenvalue weighted by Gasteiger charge is 2.32. The summed E-state index contributed by atoms with van der Waals surface area (Å²) in [5, 5.41) is 3.17. The number of rotatable bonds is 5. The van der Waals surface area contributed by atoms with E-state index in [2.05, 4.69) is 5.32 Å². The minimum atomic E-state index is -3.64. The Morgan fingerprint density at radius 2 is 1.64 bits per heavy atom. The van der Waals surface area contributed by atoms with E-state index in [0.29, 0.717) is 26.2 Å². The van der Waals surface area contributed by atoms with Crippen LogP contribution in [0.5, 0.6) is 0 Å². The molecule has 1 saturated heterocycles. The molecule has 0 radical (unpaired) electrons. The van der Waals surface area contributed by atoms with Crippen molar-refractivity contribution in [2.24, 2.45) is 0 Å². The Labute approximate surface area is 171 Å². The smallest absolute Gasteiger partial charge is 0.244 e. The SMILES string of the molecule is Cc1ccccc1NC(=O)C(C)N1CCN(S(=O)(=O)c2ccccc2Cl)CC1. The first-order valence-corrected chi connectivity index (χ1v) is 11.0. The van der Waals surface area contributed by atoms with E-state index in [-0.39, 0.29) is 21.9 Å². The van der Waals surface area contributed by atoms with E-state index in [1.54, 1.807) is 18.2 Å². The third-order valence-corrected chi connectivity index (χ3v) is 7.46. The lowest BCUT2D eigenvalue weighted by molar-refractivity contribution is -0.121. The molecule has 3 rings (SSSR count). The molecule has 0 aromatic heterocycles. The lowest BCUT2D eigenvalue weighted by Crippen LogP contribution is -2.53. The quantitative estimate of drug-likeness (QED) is 0.805. The fourth-order valence-electron chi connectivity index (χ4n) is 3.24. The van der Waals surface area contributed by atoms with Crippen molar-refractivity contribution < 1.29 is 13.2 Å². The Hall–Kier alpha value is -1.93. The maximum absolute atomic E-state index is 12.8. The molecule has 8 heteroatoms. The number of sulfonamides is 1. The first kappa shape index (κ1) is 20.8. The molecular formula is C20H24ClN3O3S. The highest BCUT2D eigenvalue weighted by Crippen LogP contribution is 2.25. The van der Waals surface area contributed by atoms with Gasteiger partial charge in [-0.25, -0.2) is 8.42 Å². The molecule has 1 heterocycles. The molecule has 0 aliphatic carbocycles. The van der Waals surface area contributed by atoms with Crippen molar-refractivity contribution in [3.8, 4) is 0 Å². The standard InChI is InChI=1S/C20H24ClN3O3S/c1-15-7-3-5-9-18(15)22-20(25)16(2)23-11-13-24(14-12-23)28(26,27)19-10-6-4-8-17(19)21/h3-10,16H,11-14H2,1-2H3,(H,22,25). The van der Waals surface area contributed by atoms with Crippen LogP contribution in [-0.4, -0.2) is 55.8 Å². The molecule has 6 nitrogen and oxygen atoms in total. The van der Waals surface area contributed by atoms with Crippen LogP contribution in [0.15, 0.2) is 53.4 Å². The van der Waals surface area contributed by atoms with Gasteiger partial charge in [-0.05, 0) is 37.6 Å². The normalized spacial score (nSPS) is 17.2. The number of carbonyl (C=O) groups excluding carboxylic acids is 1. The number of hydrogen-bond donors (Lipinski definition) is 1. The summed E-state index contributed by atoms with van der Waals surface area (Å²) in [4.78, 5) is 14.7. The number of amides is 1. The lowest BCUT2D eigenvalue weighted by Gasteiger charge is -2.36. The van der Waals surface area contributed by atoms with Crippen LogP contribution in [0.3, 0.4) is 0 Å². The number of piperazine rings is 1. The van der Waals surface area contributed by atoms with Gasteiger partial charge in [-0.3, -0.25) is 9.69 Å². The zero-order chi connectivity index (χ0) is 20.3. The highest BCUT2D eigenvalue weighted by molar-refractivity contribution is 7.89. The molecule has 150 valence electrons. The molecular weight excluding hydrogens is 398 g/mol. The molecule has 0 bridgehead atoms. The number of aryl methyl sites for hydroxylation is 1. The van der Waals surface area contributed by atoms with Crippen molar-refractivity contribution >= 4 is 33.2 Å². The number of hydrogen-bond acceptors (Lipinski definition) is 4. The molecule has 0 saturated carbocycles. The van der Waals surface area contributed by atoms with Gasteiger partial charge in [0.05, 0.1) is 11.1 Å². The van der Waals surface area contributed by atoms with Crippen LogP contribution in [0.1, 0.15) is 12.5 Å². The fourth-order valence-corrected chi connectivity index (χ4v) is 5.16. The number of carbonyl (C=O) groups is 1. The molecule has 1 fully saturated rings. The van der Waals surface area contributed by atoms with Crippen LogP contribution in [0.2, 0.25) is 5.02 Å². The second-order valence-electron chi connectivity index (χ2n) is 6.85. The summed E-state index contributed by atoms with van der Waals surface area (Å²) in [6.07, 6.45) is 0. The number of nitrogens with one attached hydrogen (secondary N) is 1. The zero-order valence-corrected chi connectivity index (χ0v) is 17.5. The van der Waals surface area contributed by atoms with Crippen molar-refractivity contribution in [3.05, 3.63) is 59.1 Å². The van der Waals surface area contributed by atoms with E-state index in [1.165, 1.54) is 10.4 Å². The van der Waals surface area contributed by atoms with Gasteiger partial charge >= 0.3 is 0 Å². The number of halogens is 1. The van der Waals surface area contributed by atoms with Crippen LogP contribution < -0.4 is 5.32 Å². The summed E-state index contributed by atoms with van der Waals surface area (Å²) < 4.78 is 27.1. The van der Waals surface area contributed by atoms with Gasteiger partial charge in [0.2, 0.25) is 15.9 Å². The molecule has 1 atom stereocenters. The van der Waals surface area contributed by atoms with Crippen molar-refractivity contribution in [1.29, 1.82) is 0 Å². The lowest BCUT2D eigenvalue weighted by atomic mass is 10.2. The Morgan fingerprint density at radius 3 is 2.29 bits per heavy atom. The fraction of sp³-hybridized carbons (Fsp3) is 0.350. The minimum Gasteiger partial charge on any atom is -0.324 e. The van der Waals surface area contributed by atoms with Crippen LogP contribution in [0.25, 0.3) is 0 Å². The maximum Gasteiger partial charge on any atom is 0.244 e. The molecule has 1 aliphatic rings. The molecule has 2 aromatic rings. The Kier molecular flexibility index (Phi) is 6.40. The highest BCUT2D eigenvalue weighted by atomic mass is 35.5. The topological polar surface area (TPSA) is 69.7 Å². The predicted octanol–water partition coefficient (Wildman–Crippen LogP) is 2.98. The third-order valence-electron chi connectivity index (χ3n) is 5.06. The summed E-state index contributed by atoms with van der Waals surface area (Å²) in [7, 11) is -3.64. The molecule has 28 heavy (non-hydrogen) atoms. The minimum absolute atomic E-state index is 0.100. The number of anilines is 1. The average Bonchev–Trinajstić information content (AvgIpc) is 2.69. The summed E-state index contributed by atoms with van der Waals surface area (Å²) in [5.74, 6) is -0.100. The van der Waals surface area contributed by atoms with E-state index in [0.717, 1.165) is 11.3 Å². The molecule has 1 aliphatic heterocycles. The summed E-state index contributed by atoms with van der Waals surface area (Å²) >= 11 is 6.07. The number of benzene rings is 2.